The van der Waals surface area contributed by atoms with Crippen LogP contribution in [0.15, 0.2) is 52.1 Å². The number of benzene rings is 2. The normalized spacial score (nSPS) is 12.1. The largest absolute Gasteiger partial charge is 0.345 e. The van der Waals surface area contributed by atoms with E-state index in [9.17, 15) is 14.4 Å². The SMILES string of the molecule is CCC(NC(=O)c1ccc2c(c1)[nH]c(=O)c(=O)n2CC)c1ccc(Cl)cc1. The number of hydrogen-bond donors (Lipinski definition) is 2. The number of fused-ring (bicyclic) bond motifs is 1. The van der Waals surface area contributed by atoms with Gasteiger partial charge in [-0.05, 0) is 49.2 Å². The van der Waals surface area contributed by atoms with Gasteiger partial charge in [0, 0.05) is 17.1 Å². The number of carbonyl (C=O) groups is 1. The lowest BCUT2D eigenvalue weighted by atomic mass is 10.0. The van der Waals surface area contributed by atoms with Crippen molar-refractivity contribution in [3.8, 4) is 0 Å². The third-order valence-electron chi connectivity index (χ3n) is 4.54. The van der Waals surface area contributed by atoms with Gasteiger partial charge in [0.15, 0.2) is 0 Å². The molecular weight excluding hydrogens is 366 g/mol. The van der Waals surface area contributed by atoms with Crippen LogP contribution in [-0.2, 0) is 6.54 Å². The van der Waals surface area contributed by atoms with Gasteiger partial charge < -0.3 is 14.9 Å². The van der Waals surface area contributed by atoms with E-state index < -0.39 is 11.1 Å². The van der Waals surface area contributed by atoms with Gasteiger partial charge in [-0.2, -0.15) is 0 Å². The first-order valence-electron chi connectivity index (χ1n) is 8.77. The maximum Gasteiger partial charge on any atom is 0.316 e. The molecule has 6 nitrogen and oxygen atoms in total. The van der Waals surface area contributed by atoms with Crippen LogP contribution in [-0.4, -0.2) is 15.5 Å². The summed E-state index contributed by atoms with van der Waals surface area (Å²) in [7, 11) is 0. The van der Waals surface area contributed by atoms with E-state index in [0.717, 1.165) is 5.56 Å². The van der Waals surface area contributed by atoms with Gasteiger partial charge in [-0.3, -0.25) is 14.4 Å². The van der Waals surface area contributed by atoms with Gasteiger partial charge in [-0.25, -0.2) is 0 Å². The first-order chi connectivity index (χ1) is 12.9. The predicted octanol–water partition coefficient (Wildman–Crippen LogP) is 3.24. The third kappa shape index (κ3) is 3.80. The molecule has 7 heteroatoms. The van der Waals surface area contributed by atoms with Crippen molar-refractivity contribution < 1.29 is 4.79 Å². The summed E-state index contributed by atoms with van der Waals surface area (Å²) >= 11 is 5.92. The van der Waals surface area contributed by atoms with E-state index in [1.165, 1.54) is 4.57 Å². The minimum absolute atomic E-state index is 0.158. The second-order valence-corrected chi connectivity index (χ2v) is 6.66. The molecule has 2 aromatic carbocycles. The maximum absolute atomic E-state index is 12.7. The molecule has 3 rings (SSSR count). The molecule has 0 aliphatic heterocycles. The van der Waals surface area contributed by atoms with Gasteiger partial charge in [-0.15, -0.1) is 0 Å². The van der Waals surface area contributed by atoms with Crippen LogP contribution in [0.5, 0.6) is 0 Å². The van der Waals surface area contributed by atoms with Crippen molar-refractivity contribution in [2.45, 2.75) is 32.9 Å². The van der Waals surface area contributed by atoms with Crippen LogP contribution in [0.2, 0.25) is 5.02 Å². The summed E-state index contributed by atoms with van der Waals surface area (Å²) in [5, 5.41) is 3.63. The number of hydrogen-bond acceptors (Lipinski definition) is 3. The Morgan fingerprint density at radius 1 is 1.15 bits per heavy atom. The van der Waals surface area contributed by atoms with Gasteiger partial charge in [0.05, 0.1) is 17.1 Å². The molecule has 2 N–H and O–H groups in total. The Balaban J connectivity index is 1.93. The maximum atomic E-state index is 12.7. The van der Waals surface area contributed by atoms with Gasteiger partial charge in [-0.1, -0.05) is 30.7 Å². The molecule has 0 spiro atoms. The van der Waals surface area contributed by atoms with Crippen LogP contribution in [0.3, 0.4) is 0 Å². The zero-order chi connectivity index (χ0) is 19.6. The standard InChI is InChI=1S/C20H20ClN3O3/c1-3-15(12-5-8-14(21)9-6-12)22-18(25)13-7-10-17-16(11-13)23-19(26)20(27)24(17)4-2/h5-11,15H,3-4H2,1-2H3,(H,22,25)(H,23,26). The van der Waals surface area contributed by atoms with Crippen LogP contribution in [0.25, 0.3) is 11.0 Å². The second-order valence-electron chi connectivity index (χ2n) is 6.22. The van der Waals surface area contributed by atoms with E-state index in [-0.39, 0.29) is 11.9 Å². The van der Waals surface area contributed by atoms with Crippen molar-refractivity contribution in [3.05, 3.63) is 79.3 Å². The molecule has 27 heavy (non-hydrogen) atoms. The lowest BCUT2D eigenvalue weighted by Crippen LogP contribution is -2.36. The summed E-state index contributed by atoms with van der Waals surface area (Å²) in [5.41, 5.74) is 1.11. The van der Waals surface area contributed by atoms with Gasteiger partial charge in [0.1, 0.15) is 0 Å². The van der Waals surface area contributed by atoms with Crippen LogP contribution in [0, 0.1) is 0 Å². The molecule has 0 radical (unpaired) electrons. The molecule has 1 atom stereocenters. The number of aromatic nitrogens is 2. The lowest BCUT2D eigenvalue weighted by Gasteiger charge is -2.18. The quantitative estimate of drug-likeness (QED) is 0.661. The number of rotatable bonds is 5. The summed E-state index contributed by atoms with van der Waals surface area (Å²) in [4.78, 5) is 39.0. The molecule has 0 aliphatic carbocycles. The van der Waals surface area contributed by atoms with Crippen LogP contribution >= 0.6 is 11.6 Å². The summed E-state index contributed by atoms with van der Waals surface area (Å²) in [6.45, 7) is 4.15. The molecule has 0 saturated heterocycles. The smallest absolute Gasteiger partial charge is 0.316 e. The molecule has 0 bridgehead atoms. The number of nitrogens with zero attached hydrogens (tertiary/aromatic N) is 1. The number of aryl methyl sites for hydroxylation is 1. The van der Waals surface area contributed by atoms with Crippen molar-refractivity contribution in [3.63, 3.8) is 0 Å². The van der Waals surface area contributed by atoms with Crippen LogP contribution in [0.4, 0.5) is 0 Å². The average molecular weight is 386 g/mol. The highest BCUT2D eigenvalue weighted by molar-refractivity contribution is 6.30. The zero-order valence-electron chi connectivity index (χ0n) is 15.1. The zero-order valence-corrected chi connectivity index (χ0v) is 15.8. The fourth-order valence-electron chi connectivity index (χ4n) is 3.09. The molecule has 1 unspecified atom stereocenters. The van der Waals surface area contributed by atoms with E-state index in [2.05, 4.69) is 10.3 Å². The van der Waals surface area contributed by atoms with Crippen molar-refractivity contribution in [1.82, 2.24) is 14.9 Å². The first kappa shape index (κ1) is 18.9. The topological polar surface area (TPSA) is 84.0 Å². The number of halogens is 1. The molecular formula is C20H20ClN3O3. The fraction of sp³-hybridized carbons (Fsp3) is 0.250. The summed E-state index contributed by atoms with van der Waals surface area (Å²) in [5.74, 6) is -0.256. The summed E-state index contributed by atoms with van der Waals surface area (Å²) in [6.07, 6.45) is 0.715. The predicted molar refractivity (Wildman–Crippen MR) is 106 cm³/mol. The molecule has 0 fully saturated rings. The van der Waals surface area contributed by atoms with Crippen molar-refractivity contribution in [1.29, 1.82) is 0 Å². The van der Waals surface area contributed by atoms with E-state index in [4.69, 9.17) is 11.6 Å². The number of amides is 1. The van der Waals surface area contributed by atoms with Gasteiger partial charge in [0.2, 0.25) is 0 Å². The number of aromatic amines is 1. The van der Waals surface area contributed by atoms with Gasteiger partial charge >= 0.3 is 11.1 Å². The van der Waals surface area contributed by atoms with Crippen molar-refractivity contribution in [2.75, 3.05) is 0 Å². The van der Waals surface area contributed by atoms with Crippen molar-refractivity contribution in [2.24, 2.45) is 0 Å². The number of H-pyrrole nitrogens is 1. The Labute approximate surface area is 160 Å². The first-order valence-corrected chi connectivity index (χ1v) is 9.15. The molecule has 1 amide bonds. The van der Waals surface area contributed by atoms with E-state index in [1.807, 2.05) is 19.1 Å². The average Bonchev–Trinajstić information content (AvgIpc) is 2.67. The van der Waals surface area contributed by atoms with Crippen LogP contribution < -0.4 is 16.4 Å². The summed E-state index contributed by atoms with van der Waals surface area (Å²) in [6, 6.07) is 12.1. The lowest BCUT2D eigenvalue weighted by molar-refractivity contribution is 0.0935. The number of carbonyl (C=O) groups excluding carboxylic acids is 1. The highest BCUT2D eigenvalue weighted by atomic mass is 35.5. The highest BCUT2D eigenvalue weighted by Gasteiger charge is 2.15. The minimum Gasteiger partial charge on any atom is -0.345 e. The van der Waals surface area contributed by atoms with Crippen molar-refractivity contribution >= 4 is 28.5 Å². The van der Waals surface area contributed by atoms with Gasteiger partial charge in [0.25, 0.3) is 5.91 Å². The van der Waals surface area contributed by atoms with E-state index in [1.54, 1.807) is 37.3 Å². The van der Waals surface area contributed by atoms with Crippen LogP contribution in [0.1, 0.15) is 42.2 Å². The number of nitrogens with one attached hydrogen (secondary N) is 2. The summed E-state index contributed by atoms with van der Waals surface area (Å²) < 4.78 is 1.39. The Kier molecular flexibility index (Phi) is 5.46. The Bertz CT molecular complexity index is 1100. The Hall–Kier alpha value is -2.86. The monoisotopic (exact) mass is 385 g/mol. The molecule has 3 aromatic rings. The molecule has 140 valence electrons. The third-order valence-corrected chi connectivity index (χ3v) is 4.79. The second kappa shape index (κ2) is 7.80. The molecule has 1 heterocycles. The minimum atomic E-state index is -0.700. The Morgan fingerprint density at radius 3 is 2.48 bits per heavy atom. The fourth-order valence-corrected chi connectivity index (χ4v) is 3.22. The molecule has 0 aliphatic rings. The Morgan fingerprint density at radius 2 is 1.85 bits per heavy atom. The van der Waals surface area contributed by atoms with E-state index in [0.29, 0.717) is 34.6 Å². The molecule has 0 saturated carbocycles. The molecule has 1 aromatic heterocycles. The van der Waals surface area contributed by atoms with E-state index >= 15 is 0 Å². The highest BCUT2D eigenvalue weighted by Crippen LogP contribution is 2.20.